The van der Waals surface area contributed by atoms with Crippen LogP contribution in [0.2, 0.25) is 5.02 Å². The maximum atomic E-state index is 6.04. The first-order chi connectivity index (χ1) is 7.08. The molecular formula is C12H17ClN2. The highest BCUT2D eigenvalue weighted by molar-refractivity contribution is 6.30. The molecule has 0 saturated heterocycles. The number of hydrogen-bond acceptors (Lipinski definition) is 2. The lowest BCUT2D eigenvalue weighted by Crippen LogP contribution is -2.32. The van der Waals surface area contributed by atoms with Crippen LogP contribution in [-0.4, -0.2) is 25.0 Å². The third-order valence-corrected chi connectivity index (χ3v) is 3.21. The van der Waals surface area contributed by atoms with Gasteiger partial charge in [-0.2, -0.15) is 0 Å². The molecule has 0 radical (unpaired) electrons. The summed E-state index contributed by atoms with van der Waals surface area (Å²) in [5.41, 5.74) is 2.53. The van der Waals surface area contributed by atoms with Gasteiger partial charge in [0.05, 0.1) is 0 Å². The Morgan fingerprint density at radius 3 is 2.80 bits per heavy atom. The van der Waals surface area contributed by atoms with Crippen molar-refractivity contribution in [2.75, 3.05) is 19.4 Å². The molecule has 0 bridgehead atoms. The van der Waals surface area contributed by atoms with Gasteiger partial charge in [-0.05, 0) is 51.2 Å². The van der Waals surface area contributed by atoms with Gasteiger partial charge in [0.25, 0.3) is 0 Å². The Balaban J connectivity index is 2.43. The minimum Gasteiger partial charge on any atom is -0.382 e. The highest BCUT2D eigenvalue weighted by Crippen LogP contribution is 2.36. The highest BCUT2D eigenvalue weighted by Gasteiger charge is 2.25. The van der Waals surface area contributed by atoms with E-state index in [0.29, 0.717) is 12.1 Å². The zero-order valence-corrected chi connectivity index (χ0v) is 10.2. The average molecular weight is 225 g/mol. The Morgan fingerprint density at radius 1 is 1.40 bits per heavy atom. The molecule has 82 valence electrons. The third kappa shape index (κ3) is 2.11. The van der Waals surface area contributed by atoms with E-state index in [-0.39, 0.29) is 0 Å². The van der Waals surface area contributed by atoms with E-state index in [2.05, 4.69) is 43.4 Å². The van der Waals surface area contributed by atoms with Crippen LogP contribution in [0.4, 0.5) is 5.69 Å². The first kappa shape index (κ1) is 10.8. The number of hydrogen-bond donors (Lipinski definition) is 1. The fourth-order valence-corrected chi connectivity index (χ4v) is 2.40. The zero-order chi connectivity index (χ0) is 11.0. The molecule has 0 amide bonds. The van der Waals surface area contributed by atoms with Crippen LogP contribution in [-0.2, 0) is 0 Å². The molecule has 0 aromatic heterocycles. The van der Waals surface area contributed by atoms with Crippen LogP contribution in [0.1, 0.15) is 24.9 Å². The molecule has 0 saturated carbocycles. The molecule has 2 nitrogen and oxygen atoms in total. The number of rotatable bonds is 1. The first-order valence-electron chi connectivity index (χ1n) is 5.30. The van der Waals surface area contributed by atoms with E-state index in [0.717, 1.165) is 11.4 Å². The van der Waals surface area contributed by atoms with Crippen molar-refractivity contribution >= 4 is 17.3 Å². The van der Waals surface area contributed by atoms with E-state index in [9.17, 15) is 0 Å². The summed E-state index contributed by atoms with van der Waals surface area (Å²) in [6.07, 6.45) is 1.13. The molecular weight excluding hydrogens is 208 g/mol. The number of nitrogens with one attached hydrogen (secondary N) is 1. The predicted octanol–water partition coefficient (Wildman–Crippen LogP) is 3.15. The molecule has 3 heteroatoms. The third-order valence-electron chi connectivity index (χ3n) is 2.97. The molecule has 0 spiro atoms. The van der Waals surface area contributed by atoms with Gasteiger partial charge in [-0.15, -0.1) is 0 Å². The van der Waals surface area contributed by atoms with Crippen molar-refractivity contribution in [2.45, 2.75) is 25.4 Å². The smallest absolute Gasteiger partial charge is 0.0410 e. The van der Waals surface area contributed by atoms with Crippen LogP contribution < -0.4 is 5.32 Å². The maximum absolute atomic E-state index is 6.04. The van der Waals surface area contributed by atoms with Crippen molar-refractivity contribution in [2.24, 2.45) is 0 Å². The summed E-state index contributed by atoms with van der Waals surface area (Å²) in [5, 5.41) is 4.30. The lowest BCUT2D eigenvalue weighted by molar-refractivity contribution is 0.270. The summed E-state index contributed by atoms with van der Waals surface area (Å²) in [4.78, 5) is 2.26. The van der Waals surface area contributed by atoms with Crippen LogP contribution in [0, 0.1) is 0 Å². The van der Waals surface area contributed by atoms with Crippen molar-refractivity contribution in [3.05, 3.63) is 28.8 Å². The number of anilines is 1. The second-order valence-corrected chi connectivity index (χ2v) is 4.93. The Hall–Kier alpha value is -0.730. The summed E-state index contributed by atoms with van der Waals surface area (Å²) < 4.78 is 0. The summed E-state index contributed by atoms with van der Waals surface area (Å²) in [6.45, 7) is 2.22. The average Bonchev–Trinajstić information content (AvgIpc) is 2.17. The molecule has 1 aromatic carbocycles. The largest absolute Gasteiger partial charge is 0.382 e. The summed E-state index contributed by atoms with van der Waals surface area (Å²) in [7, 11) is 4.24. The Bertz CT molecular complexity index is 363. The topological polar surface area (TPSA) is 15.3 Å². The van der Waals surface area contributed by atoms with E-state index < -0.39 is 0 Å². The fraction of sp³-hybridized carbons (Fsp3) is 0.500. The molecule has 0 fully saturated rings. The number of benzene rings is 1. The SMILES string of the molecule is CC1CC(N(C)C)c2cc(Cl)ccc2N1. The zero-order valence-electron chi connectivity index (χ0n) is 9.42. The molecule has 1 aromatic rings. The summed E-state index contributed by atoms with van der Waals surface area (Å²) >= 11 is 6.04. The van der Waals surface area contributed by atoms with Crippen LogP contribution in [0.5, 0.6) is 0 Å². The van der Waals surface area contributed by atoms with Crippen LogP contribution in [0.15, 0.2) is 18.2 Å². The van der Waals surface area contributed by atoms with Gasteiger partial charge < -0.3 is 10.2 Å². The minimum absolute atomic E-state index is 0.468. The molecule has 1 aliphatic rings. The number of halogens is 1. The van der Waals surface area contributed by atoms with Gasteiger partial charge in [0.1, 0.15) is 0 Å². The fourth-order valence-electron chi connectivity index (χ4n) is 2.22. The maximum Gasteiger partial charge on any atom is 0.0410 e. The first-order valence-corrected chi connectivity index (χ1v) is 5.68. The van der Waals surface area contributed by atoms with Crippen molar-refractivity contribution in [1.29, 1.82) is 0 Å². The Morgan fingerprint density at radius 2 is 2.13 bits per heavy atom. The van der Waals surface area contributed by atoms with Gasteiger partial charge in [0.2, 0.25) is 0 Å². The highest BCUT2D eigenvalue weighted by atomic mass is 35.5. The monoisotopic (exact) mass is 224 g/mol. The summed E-state index contributed by atoms with van der Waals surface area (Å²) in [6, 6.07) is 7.07. The van der Waals surface area contributed by atoms with E-state index in [1.54, 1.807) is 0 Å². The van der Waals surface area contributed by atoms with Crippen molar-refractivity contribution in [1.82, 2.24) is 4.90 Å². The molecule has 2 atom stereocenters. The van der Waals surface area contributed by atoms with Gasteiger partial charge in [-0.3, -0.25) is 0 Å². The molecule has 1 aliphatic heterocycles. The van der Waals surface area contributed by atoms with Gasteiger partial charge in [0, 0.05) is 22.8 Å². The second kappa shape index (κ2) is 4.03. The van der Waals surface area contributed by atoms with Crippen molar-refractivity contribution in [3.8, 4) is 0 Å². The second-order valence-electron chi connectivity index (χ2n) is 4.49. The summed E-state index contributed by atoms with van der Waals surface area (Å²) in [5.74, 6) is 0. The minimum atomic E-state index is 0.468. The number of fused-ring (bicyclic) bond motifs is 1. The molecule has 1 heterocycles. The van der Waals surface area contributed by atoms with E-state index >= 15 is 0 Å². The molecule has 15 heavy (non-hydrogen) atoms. The van der Waals surface area contributed by atoms with E-state index in [1.165, 1.54) is 11.3 Å². The standard InChI is InChI=1S/C12H17ClN2/c1-8-6-12(15(2)3)10-7-9(13)4-5-11(10)14-8/h4-5,7-8,12,14H,6H2,1-3H3. The van der Waals surface area contributed by atoms with Gasteiger partial charge in [0.15, 0.2) is 0 Å². The molecule has 2 rings (SSSR count). The predicted molar refractivity (Wildman–Crippen MR) is 65.6 cm³/mol. The van der Waals surface area contributed by atoms with Gasteiger partial charge in [-0.25, -0.2) is 0 Å². The number of nitrogens with zero attached hydrogens (tertiary/aromatic N) is 1. The molecule has 2 unspecified atom stereocenters. The van der Waals surface area contributed by atoms with Crippen LogP contribution >= 0.6 is 11.6 Å². The Kier molecular flexibility index (Phi) is 2.89. The van der Waals surface area contributed by atoms with E-state index in [4.69, 9.17) is 11.6 Å². The van der Waals surface area contributed by atoms with Crippen LogP contribution in [0.3, 0.4) is 0 Å². The lowest BCUT2D eigenvalue weighted by atomic mass is 9.93. The Labute approximate surface area is 96.2 Å². The van der Waals surface area contributed by atoms with Crippen molar-refractivity contribution in [3.63, 3.8) is 0 Å². The normalized spacial score (nSPS) is 24.9. The van der Waals surface area contributed by atoms with Gasteiger partial charge >= 0.3 is 0 Å². The van der Waals surface area contributed by atoms with Crippen molar-refractivity contribution < 1.29 is 0 Å². The van der Waals surface area contributed by atoms with Crippen LogP contribution in [0.25, 0.3) is 0 Å². The molecule has 0 aliphatic carbocycles. The lowest BCUT2D eigenvalue weighted by Gasteiger charge is -2.35. The molecule has 1 N–H and O–H groups in total. The van der Waals surface area contributed by atoms with E-state index in [1.807, 2.05) is 6.07 Å². The van der Waals surface area contributed by atoms with Gasteiger partial charge in [-0.1, -0.05) is 11.6 Å². The quantitative estimate of drug-likeness (QED) is 0.789.